The lowest BCUT2D eigenvalue weighted by atomic mass is 10.1. The number of benzene rings is 1. The van der Waals surface area contributed by atoms with Gasteiger partial charge in [0.1, 0.15) is 5.82 Å². The quantitative estimate of drug-likeness (QED) is 0.878. The maximum Gasteiger partial charge on any atom is 0.123 e. The highest BCUT2D eigenvalue weighted by Gasteiger charge is 2.14. The van der Waals surface area contributed by atoms with Gasteiger partial charge in [-0.2, -0.15) is 0 Å². The van der Waals surface area contributed by atoms with E-state index in [0.29, 0.717) is 12.6 Å². The number of thiophene rings is 1. The van der Waals surface area contributed by atoms with Crippen LogP contribution in [0.25, 0.3) is 0 Å². The normalized spacial score (nSPS) is 11.5. The van der Waals surface area contributed by atoms with Gasteiger partial charge in [0, 0.05) is 30.6 Å². The molecule has 0 saturated heterocycles. The van der Waals surface area contributed by atoms with Crippen molar-refractivity contribution in [1.29, 1.82) is 0 Å². The second-order valence-electron chi connectivity index (χ2n) is 5.20. The van der Waals surface area contributed by atoms with Crippen LogP contribution in [0.5, 0.6) is 0 Å². The summed E-state index contributed by atoms with van der Waals surface area (Å²) in [7, 11) is 0. The summed E-state index contributed by atoms with van der Waals surface area (Å²) >= 11 is 1.75. The first-order valence-corrected chi connectivity index (χ1v) is 7.72. The molecule has 2 aromatic rings. The van der Waals surface area contributed by atoms with E-state index in [2.05, 4.69) is 36.3 Å². The van der Waals surface area contributed by atoms with E-state index in [1.807, 2.05) is 0 Å². The molecule has 0 aliphatic heterocycles. The van der Waals surface area contributed by atoms with Crippen LogP contribution in [0.4, 0.5) is 4.39 Å². The fourth-order valence-corrected chi connectivity index (χ4v) is 2.91. The highest BCUT2D eigenvalue weighted by atomic mass is 32.1. The van der Waals surface area contributed by atoms with Crippen LogP contribution in [0, 0.1) is 5.82 Å². The van der Waals surface area contributed by atoms with Crippen LogP contribution in [0.1, 0.15) is 29.9 Å². The molecule has 0 spiro atoms. The van der Waals surface area contributed by atoms with Gasteiger partial charge in [-0.15, -0.1) is 11.3 Å². The SMILES string of the molecule is CC(C)N(Cc1cccs1)Cc1cc(F)ccc1CN. The van der Waals surface area contributed by atoms with Gasteiger partial charge in [-0.25, -0.2) is 4.39 Å². The van der Waals surface area contributed by atoms with Crippen LogP contribution in [0.3, 0.4) is 0 Å². The molecule has 1 aromatic heterocycles. The second kappa shape index (κ2) is 6.97. The van der Waals surface area contributed by atoms with Crippen molar-refractivity contribution in [3.05, 3.63) is 57.5 Å². The summed E-state index contributed by atoms with van der Waals surface area (Å²) in [4.78, 5) is 3.66. The van der Waals surface area contributed by atoms with Gasteiger partial charge >= 0.3 is 0 Å². The van der Waals surface area contributed by atoms with Crippen LogP contribution >= 0.6 is 11.3 Å². The van der Waals surface area contributed by atoms with Crippen molar-refractivity contribution in [2.75, 3.05) is 0 Å². The van der Waals surface area contributed by atoms with Crippen LogP contribution in [-0.2, 0) is 19.6 Å². The van der Waals surface area contributed by atoms with E-state index in [-0.39, 0.29) is 5.82 Å². The standard InChI is InChI=1S/C16H21FN2S/c1-12(2)19(11-16-4-3-7-20-16)10-14-8-15(17)6-5-13(14)9-18/h3-8,12H,9-11,18H2,1-2H3. The molecule has 0 amide bonds. The maximum absolute atomic E-state index is 13.5. The number of hydrogen-bond acceptors (Lipinski definition) is 3. The van der Waals surface area contributed by atoms with E-state index >= 15 is 0 Å². The van der Waals surface area contributed by atoms with Crippen LogP contribution in [0.15, 0.2) is 35.7 Å². The van der Waals surface area contributed by atoms with Crippen LogP contribution in [-0.4, -0.2) is 10.9 Å². The molecule has 2 N–H and O–H groups in total. The summed E-state index contributed by atoms with van der Waals surface area (Å²) in [6, 6.07) is 9.46. The van der Waals surface area contributed by atoms with Crippen molar-refractivity contribution in [2.24, 2.45) is 5.73 Å². The number of nitrogens with zero attached hydrogens (tertiary/aromatic N) is 1. The Morgan fingerprint density at radius 1 is 1.20 bits per heavy atom. The Kier molecular flexibility index (Phi) is 5.29. The summed E-state index contributed by atoms with van der Waals surface area (Å²) in [5, 5.41) is 2.08. The van der Waals surface area contributed by atoms with Gasteiger partial charge in [-0.05, 0) is 48.6 Å². The Morgan fingerprint density at radius 2 is 2.00 bits per heavy atom. The minimum atomic E-state index is -0.197. The topological polar surface area (TPSA) is 29.3 Å². The molecule has 0 saturated carbocycles. The third-order valence-corrected chi connectivity index (χ3v) is 4.29. The monoisotopic (exact) mass is 292 g/mol. The Bertz CT molecular complexity index is 537. The van der Waals surface area contributed by atoms with Gasteiger partial charge in [-0.1, -0.05) is 12.1 Å². The molecule has 0 atom stereocenters. The zero-order valence-corrected chi connectivity index (χ0v) is 12.8. The summed E-state index contributed by atoms with van der Waals surface area (Å²) in [5.74, 6) is -0.197. The number of rotatable bonds is 6. The highest BCUT2D eigenvalue weighted by molar-refractivity contribution is 7.09. The highest BCUT2D eigenvalue weighted by Crippen LogP contribution is 2.19. The number of halogens is 1. The largest absolute Gasteiger partial charge is 0.326 e. The van der Waals surface area contributed by atoms with Crippen molar-refractivity contribution >= 4 is 11.3 Å². The molecule has 0 fully saturated rings. The minimum Gasteiger partial charge on any atom is -0.326 e. The third-order valence-electron chi connectivity index (χ3n) is 3.43. The van der Waals surface area contributed by atoms with Gasteiger partial charge in [-0.3, -0.25) is 4.90 Å². The molecule has 2 rings (SSSR count). The lowest BCUT2D eigenvalue weighted by Gasteiger charge is -2.27. The lowest BCUT2D eigenvalue weighted by molar-refractivity contribution is 0.205. The molecule has 1 aromatic carbocycles. The lowest BCUT2D eigenvalue weighted by Crippen LogP contribution is -2.30. The summed E-state index contributed by atoms with van der Waals surface area (Å²) in [6.07, 6.45) is 0. The average Bonchev–Trinajstić information content (AvgIpc) is 2.91. The first-order valence-electron chi connectivity index (χ1n) is 6.84. The molecule has 0 bridgehead atoms. The van der Waals surface area contributed by atoms with E-state index in [9.17, 15) is 4.39 Å². The zero-order chi connectivity index (χ0) is 14.5. The van der Waals surface area contributed by atoms with Gasteiger partial charge in [0.05, 0.1) is 0 Å². The molecule has 2 nitrogen and oxygen atoms in total. The third kappa shape index (κ3) is 3.88. The van der Waals surface area contributed by atoms with Gasteiger partial charge in [0.2, 0.25) is 0 Å². The Labute approximate surface area is 124 Å². The Morgan fingerprint density at radius 3 is 2.60 bits per heavy atom. The molecular formula is C16H21FN2S. The van der Waals surface area contributed by atoms with Crippen LogP contribution in [0.2, 0.25) is 0 Å². The predicted octanol–water partition coefficient (Wildman–Crippen LogP) is 3.76. The minimum absolute atomic E-state index is 0.197. The van der Waals surface area contributed by atoms with Crippen molar-refractivity contribution in [1.82, 2.24) is 4.90 Å². The smallest absolute Gasteiger partial charge is 0.123 e. The van der Waals surface area contributed by atoms with E-state index in [0.717, 1.165) is 24.2 Å². The first-order chi connectivity index (χ1) is 9.60. The maximum atomic E-state index is 13.5. The van der Waals surface area contributed by atoms with Crippen molar-refractivity contribution in [2.45, 2.75) is 39.5 Å². The summed E-state index contributed by atoms with van der Waals surface area (Å²) < 4.78 is 13.5. The second-order valence-corrected chi connectivity index (χ2v) is 6.23. The zero-order valence-electron chi connectivity index (χ0n) is 12.0. The summed E-state index contributed by atoms with van der Waals surface area (Å²) in [6.45, 7) is 6.38. The molecule has 0 aliphatic rings. The molecule has 20 heavy (non-hydrogen) atoms. The molecule has 0 radical (unpaired) electrons. The predicted molar refractivity (Wildman–Crippen MR) is 83.0 cm³/mol. The molecule has 4 heteroatoms. The van der Waals surface area contributed by atoms with Gasteiger partial charge in [0.25, 0.3) is 0 Å². The van der Waals surface area contributed by atoms with Gasteiger partial charge < -0.3 is 5.73 Å². The molecular weight excluding hydrogens is 271 g/mol. The van der Waals surface area contributed by atoms with E-state index < -0.39 is 0 Å². The number of nitrogens with two attached hydrogens (primary N) is 1. The van der Waals surface area contributed by atoms with Crippen molar-refractivity contribution < 1.29 is 4.39 Å². The number of hydrogen-bond donors (Lipinski definition) is 1. The fraction of sp³-hybridized carbons (Fsp3) is 0.375. The van der Waals surface area contributed by atoms with Crippen molar-refractivity contribution in [3.63, 3.8) is 0 Å². The Hall–Kier alpha value is -1.23. The van der Waals surface area contributed by atoms with E-state index in [1.54, 1.807) is 23.5 Å². The summed E-state index contributed by atoms with van der Waals surface area (Å²) in [5.41, 5.74) is 7.75. The molecule has 108 valence electrons. The van der Waals surface area contributed by atoms with Crippen molar-refractivity contribution in [3.8, 4) is 0 Å². The van der Waals surface area contributed by atoms with E-state index in [1.165, 1.54) is 10.9 Å². The Balaban J connectivity index is 2.17. The fourth-order valence-electron chi connectivity index (χ4n) is 2.18. The molecule has 0 unspecified atom stereocenters. The van der Waals surface area contributed by atoms with Gasteiger partial charge in [0.15, 0.2) is 0 Å². The van der Waals surface area contributed by atoms with Crippen LogP contribution < -0.4 is 5.73 Å². The molecule has 1 heterocycles. The first kappa shape index (κ1) is 15.2. The van der Waals surface area contributed by atoms with E-state index in [4.69, 9.17) is 5.73 Å². The average molecular weight is 292 g/mol. The molecule has 0 aliphatic carbocycles.